The summed E-state index contributed by atoms with van der Waals surface area (Å²) in [6.45, 7) is 4.88. The van der Waals surface area contributed by atoms with Crippen LogP contribution in [0.15, 0.2) is 0 Å². The molecule has 0 unspecified atom stereocenters. The van der Waals surface area contributed by atoms with Crippen molar-refractivity contribution in [1.29, 1.82) is 0 Å². The summed E-state index contributed by atoms with van der Waals surface area (Å²) in [5.74, 6) is 0.690. The Morgan fingerprint density at radius 3 is 2.36 bits per heavy atom. The van der Waals surface area contributed by atoms with Crippen molar-refractivity contribution in [1.82, 2.24) is 4.90 Å². The first-order chi connectivity index (χ1) is 6.57. The molecule has 0 aromatic rings. The van der Waals surface area contributed by atoms with Crippen molar-refractivity contribution in [2.45, 2.75) is 44.3 Å². The summed E-state index contributed by atoms with van der Waals surface area (Å²) < 4.78 is 0. The van der Waals surface area contributed by atoms with E-state index in [1.165, 1.54) is 0 Å². The summed E-state index contributed by atoms with van der Waals surface area (Å²) in [7, 11) is 0. The van der Waals surface area contributed by atoms with Crippen molar-refractivity contribution in [2.75, 3.05) is 19.6 Å². The van der Waals surface area contributed by atoms with Gasteiger partial charge in [-0.15, -0.1) is 0 Å². The first-order valence-corrected chi connectivity index (χ1v) is 5.70. The highest BCUT2D eigenvalue weighted by Crippen LogP contribution is 2.38. The van der Waals surface area contributed by atoms with Crippen molar-refractivity contribution in [2.24, 2.45) is 5.92 Å². The Morgan fingerprint density at radius 1 is 1.29 bits per heavy atom. The number of hydrogen-bond donors (Lipinski definition) is 2. The molecule has 1 aliphatic heterocycles. The summed E-state index contributed by atoms with van der Waals surface area (Å²) in [6, 6.07) is 0. The molecule has 0 atom stereocenters. The fourth-order valence-electron chi connectivity index (χ4n) is 2.86. The number of piperidine rings is 1. The summed E-state index contributed by atoms with van der Waals surface area (Å²) >= 11 is 0. The minimum absolute atomic E-state index is 0.110. The van der Waals surface area contributed by atoms with Crippen LogP contribution in [0.5, 0.6) is 0 Å². The van der Waals surface area contributed by atoms with Crippen LogP contribution in [-0.2, 0) is 0 Å². The van der Waals surface area contributed by atoms with Crippen molar-refractivity contribution in [3.05, 3.63) is 0 Å². The summed E-state index contributed by atoms with van der Waals surface area (Å²) in [4.78, 5) is 2.29. The molecule has 0 bridgehead atoms. The third kappa shape index (κ3) is 2.27. The van der Waals surface area contributed by atoms with Gasteiger partial charge in [0.1, 0.15) is 0 Å². The predicted octanol–water partition coefficient (Wildman–Crippen LogP) is 0.604. The number of likely N-dealkylation sites (tertiary alicyclic amines) is 1. The molecule has 1 saturated heterocycles. The SMILES string of the molecule is CC1CC(O)(CN2CCC(O)CC2)C1. The molecule has 0 amide bonds. The zero-order valence-corrected chi connectivity index (χ0v) is 8.95. The zero-order valence-electron chi connectivity index (χ0n) is 8.95. The van der Waals surface area contributed by atoms with Crippen molar-refractivity contribution < 1.29 is 10.2 Å². The average molecular weight is 199 g/mol. The van der Waals surface area contributed by atoms with Gasteiger partial charge in [0, 0.05) is 19.6 Å². The molecule has 0 radical (unpaired) electrons. The normalized spacial score (nSPS) is 40.9. The van der Waals surface area contributed by atoms with Gasteiger partial charge in [-0.2, -0.15) is 0 Å². The first-order valence-electron chi connectivity index (χ1n) is 5.70. The molecule has 2 N–H and O–H groups in total. The van der Waals surface area contributed by atoms with Gasteiger partial charge in [0.2, 0.25) is 0 Å². The van der Waals surface area contributed by atoms with Crippen LogP contribution in [-0.4, -0.2) is 46.5 Å². The second-order valence-electron chi connectivity index (χ2n) is 5.25. The number of β-amino-alcohol motifs (C(OH)–C–C–N with tert-alkyl or cyclic N) is 1. The Balaban J connectivity index is 1.75. The van der Waals surface area contributed by atoms with Crippen LogP contribution in [0.1, 0.15) is 32.6 Å². The molecule has 14 heavy (non-hydrogen) atoms. The molecule has 1 saturated carbocycles. The molecular formula is C11H21NO2. The van der Waals surface area contributed by atoms with Crippen LogP contribution in [0.2, 0.25) is 0 Å². The highest BCUT2D eigenvalue weighted by Gasteiger charge is 2.41. The summed E-state index contributed by atoms with van der Waals surface area (Å²) in [6.07, 6.45) is 3.52. The van der Waals surface area contributed by atoms with Crippen LogP contribution < -0.4 is 0 Å². The molecule has 0 spiro atoms. The van der Waals surface area contributed by atoms with E-state index in [0.717, 1.165) is 45.3 Å². The second-order valence-corrected chi connectivity index (χ2v) is 5.25. The maximum atomic E-state index is 10.1. The van der Waals surface area contributed by atoms with Gasteiger partial charge in [0.05, 0.1) is 11.7 Å². The van der Waals surface area contributed by atoms with Crippen molar-refractivity contribution >= 4 is 0 Å². The van der Waals surface area contributed by atoms with E-state index in [1.54, 1.807) is 0 Å². The molecule has 3 nitrogen and oxygen atoms in total. The van der Waals surface area contributed by atoms with Crippen LogP contribution in [0.4, 0.5) is 0 Å². The van der Waals surface area contributed by atoms with Gasteiger partial charge >= 0.3 is 0 Å². The van der Waals surface area contributed by atoms with E-state index in [0.29, 0.717) is 5.92 Å². The molecule has 2 fully saturated rings. The Morgan fingerprint density at radius 2 is 1.86 bits per heavy atom. The largest absolute Gasteiger partial charge is 0.393 e. The lowest BCUT2D eigenvalue weighted by molar-refractivity contribution is -0.0943. The topological polar surface area (TPSA) is 43.7 Å². The van der Waals surface area contributed by atoms with Crippen LogP contribution in [0.3, 0.4) is 0 Å². The fraction of sp³-hybridized carbons (Fsp3) is 1.00. The number of rotatable bonds is 2. The lowest BCUT2D eigenvalue weighted by atomic mass is 9.71. The van der Waals surface area contributed by atoms with Gasteiger partial charge < -0.3 is 15.1 Å². The monoisotopic (exact) mass is 199 g/mol. The number of hydrogen-bond acceptors (Lipinski definition) is 3. The molecule has 0 aromatic heterocycles. The van der Waals surface area contributed by atoms with Gasteiger partial charge in [-0.3, -0.25) is 0 Å². The van der Waals surface area contributed by atoms with Crippen LogP contribution >= 0.6 is 0 Å². The van der Waals surface area contributed by atoms with E-state index in [9.17, 15) is 10.2 Å². The minimum atomic E-state index is -0.415. The Hall–Kier alpha value is -0.120. The van der Waals surface area contributed by atoms with Gasteiger partial charge in [0.25, 0.3) is 0 Å². The van der Waals surface area contributed by atoms with E-state index in [-0.39, 0.29) is 6.10 Å². The van der Waals surface area contributed by atoms with E-state index < -0.39 is 5.60 Å². The average Bonchev–Trinajstić information content (AvgIpc) is 2.07. The van der Waals surface area contributed by atoms with Gasteiger partial charge in [-0.25, -0.2) is 0 Å². The quantitative estimate of drug-likeness (QED) is 0.684. The third-order valence-corrected chi connectivity index (χ3v) is 3.53. The second kappa shape index (κ2) is 3.80. The summed E-state index contributed by atoms with van der Waals surface area (Å²) in [5, 5.41) is 19.4. The Labute approximate surface area is 85.7 Å². The highest BCUT2D eigenvalue weighted by molar-refractivity contribution is 4.95. The van der Waals surface area contributed by atoms with Crippen molar-refractivity contribution in [3.63, 3.8) is 0 Å². The molecule has 2 aliphatic rings. The summed E-state index contributed by atoms with van der Waals surface area (Å²) in [5.41, 5.74) is -0.415. The maximum absolute atomic E-state index is 10.1. The Kier molecular flexibility index (Phi) is 2.82. The van der Waals surface area contributed by atoms with Gasteiger partial charge in [-0.05, 0) is 31.6 Å². The standard InChI is InChI=1S/C11H21NO2/c1-9-6-11(14,7-9)8-12-4-2-10(13)3-5-12/h9-10,13-14H,2-8H2,1H3. The lowest BCUT2D eigenvalue weighted by Gasteiger charge is -2.46. The molecule has 1 aliphatic carbocycles. The van der Waals surface area contributed by atoms with E-state index >= 15 is 0 Å². The van der Waals surface area contributed by atoms with E-state index in [1.807, 2.05) is 0 Å². The molecule has 82 valence electrons. The van der Waals surface area contributed by atoms with Crippen molar-refractivity contribution in [3.8, 4) is 0 Å². The van der Waals surface area contributed by atoms with E-state index in [4.69, 9.17) is 0 Å². The highest BCUT2D eigenvalue weighted by atomic mass is 16.3. The lowest BCUT2D eigenvalue weighted by Crippen LogP contribution is -2.53. The number of aliphatic hydroxyl groups excluding tert-OH is 1. The molecule has 3 heteroatoms. The molecule has 1 heterocycles. The smallest absolute Gasteiger partial charge is 0.0779 e. The maximum Gasteiger partial charge on any atom is 0.0779 e. The van der Waals surface area contributed by atoms with Gasteiger partial charge in [0.15, 0.2) is 0 Å². The first kappa shape index (κ1) is 10.4. The van der Waals surface area contributed by atoms with Gasteiger partial charge in [-0.1, -0.05) is 6.92 Å². The molecule has 0 aromatic carbocycles. The fourth-order valence-corrected chi connectivity index (χ4v) is 2.86. The number of aliphatic hydroxyl groups is 2. The third-order valence-electron chi connectivity index (χ3n) is 3.53. The van der Waals surface area contributed by atoms with Crippen LogP contribution in [0, 0.1) is 5.92 Å². The van der Waals surface area contributed by atoms with Crippen LogP contribution in [0.25, 0.3) is 0 Å². The molecule has 2 rings (SSSR count). The number of nitrogens with zero attached hydrogens (tertiary/aromatic N) is 1. The minimum Gasteiger partial charge on any atom is -0.393 e. The predicted molar refractivity (Wildman–Crippen MR) is 55.0 cm³/mol. The molecular weight excluding hydrogens is 178 g/mol. The van der Waals surface area contributed by atoms with E-state index in [2.05, 4.69) is 11.8 Å². The zero-order chi connectivity index (χ0) is 10.2. The Bertz CT molecular complexity index is 193.